The van der Waals surface area contributed by atoms with E-state index < -0.39 is 14.4 Å². The summed E-state index contributed by atoms with van der Waals surface area (Å²) in [7, 11) is -5.03. The van der Waals surface area contributed by atoms with Gasteiger partial charge in [0.15, 0.2) is 0 Å². The zero-order valence-corrected chi connectivity index (χ0v) is 4.47. The van der Waals surface area contributed by atoms with Crippen molar-refractivity contribution in [3.05, 3.63) is 12.7 Å². The lowest BCUT2D eigenvalue weighted by Crippen LogP contribution is -1.70. The van der Waals surface area contributed by atoms with Gasteiger partial charge in [0.2, 0.25) is 0 Å². The van der Waals surface area contributed by atoms with Gasteiger partial charge in [0.1, 0.15) is 0 Å². The molecule has 0 saturated carbocycles. The molecule has 0 saturated heterocycles. The molecule has 0 aromatic rings. The summed E-state index contributed by atoms with van der Waals surface area (Å²) in [5.41, 5.74) is 0. The maximum Gasteiger partial charge on any atom is 0.353 e. The molecule has 0 rings (SSSR count). The van der Waals surface area contributed by atoms with Crippen molar-refractivity contribution in [2.24, 2.45) is 0 Å². The molecule has 0 bridgehead atoms. The van der Waals surface area contributed by atoms with Gasteiger partial charge in [-0.1, -0.05) is 6.08 Å². The van der Waals surface area contributed by atoms with Crippen LogP contribution >= 0.6 is 8.19 Å². The molecule has 0 amide bonds. The first-order valence-corrected chi connectivity index (χ1v) is 3.29. The highest BCUT2D eigenvalue weighted by atomic mass is 31.3. The predicted octanol–water partition coefficient (Wildman–Crippen LogP) is 2.84. The summed E-state index contributed by atoms with van der Waals surface area (Å²) in [5.74, 6) is 0. The quantitative estimate of drug-likeness (QED) is 0.397. The summed E-state index contributed by atoms with van der Waals surface area (Å²) < 4.78 is 33.3. The van der Waals surface area contributed by atoms with E-state index in [1.807, 2.05) is 0 Å². The molecule has 0 aromatic carbocycles. The van der Waals surface area contributed by atoms with Crippen LogP contribution in [0.4, 0.5) is 12.6 Å². The topological polar surface area (TPSA) is 0 Å². The molecule has 7 heavy (non-hydrogen) atoms. The molecule has 0 N–H and O–H groups in total. The van der Waals surface area contributed by atoms with E-state index in [-0.39, 0.29) is 0 Å². The summed E-state index contributed by atoms with van der Waals surface area (Å²) in [6, 6.07) is 0. The number of hydrogen-bond donors (Lipinski definition) is 0. The van der Waals surface area contributed by atoms with Crippen molar-refractivity contribution < 1.29 is 12.6 Å². The Balaban J connectivity index is 3.34. The molecule has 43 valence electrons. The van der Waals surface area contributed by atoms with E-state index in [9.17, 15) is 12.6 Å². The van der Waals surface area contributed by atoms with E-state index in [0.29, 0.717) is 0 Å². The first-order chi connectivity index (χ1) is 3.06. The van der Waals surface area contributed by atoms with E-state index in [1.165, 1.54) is 0 Å². The van der Waals surface area contributed by atoms with Crippen LogP contribution in [0.15, 0.2) is 12.7 Å². The fourth-order valence-corrected chi connectivity index (χ4v) is 0.439. The third-order valence-electron chi connectivity index (χ3n) is 0.336. The summed E-state index contributed by atoms with van der Waals surface area (Å²) in [6.45, 7) is 2.95. The SMILES string of the molecule is C=CC[P](F)(F)F. The van der Waals surface area contributed by atoms with Gasteiger partial charge in [-0.25, -0.2) is 0 Å². The van der Waals surface area contributed by atoms with Gasteiger partial charge in [-0.3, -0.25) is 0 Å². The van der Waals surface area contributed by atoms with Crippen molar-refractivity contribution in [2.75, 3.05) is 6.16 Å². The van der Waals surface area contributed by atoms with Crippen molar-refractivity contribution >= 4 is 8.19 Å². The molecule has 0 spiro atoms. The monoisotopic (exact) mass is 129 g/mol. The van der Waals surface area contributed by atoms with Crippen LogP contribution in [0.1, 0.15) is 0 Å². The Hall–Kier alpha value is -0.0400. The number of halogens is 3. The molecule has 0 atom stereocenters. The summed E-state index contributed by atoms with van der Waals surface area (Å²) in [6.07, 6.45) is 0.0980. The van der Waals surface area contributed by atoms with Crippen LogP contribution in [-0.2, 0) is 0 Å². The summed E-state index contributed by atoms with van der Waals surface area (Å²) >= 11 is 0. The van der Waals surface area contributed by atoms with E-state index in [4.69, 9.17) is 0 Å². The van der Waals surface area contributed by atoms with Gasteiger partial charge in [-0.05, 0) is 0 Å². The van der Waals surface area contributed by atoms with Gasteiger partial charge in [0, 0.05) is 0 Å². The Morgan fingerprint density at radius 1 is 1.43 bits per heavy atom. The maximum absolute atomic E-state index is 11.1. The Morgan fingerprint density at radius 2 is 1.86 bits per heavy atom. The van der Waals surface area contributed by atoms with Crippen LogP contribution in [0.25, 0.3) is 0 Å². The molecule has 0 aliphatic carbocycles. The van der Waals surface area contributed by atoms with Crippen molar-refractivity contribution in [3.63, 3.8) is 0 Å². The minimum absolute atomic E-state index is 0.785. The predicted molar refractivity (Wildman–Crippen MR) is 25.3 cm³/mol. The minimum atomic E-state index is -5.03. The Bertz CT molecular complexity index is 65.1. The Morgan fingerprint density at radius 3 is 1.86 bits per heavy atom. The summed E-state index contributed by atoms with van der Waals surface area (Å²) in [4.78, 5) is 0. The molecule has 0 aromatic heterocycles. The normalized spacial score (nSPS) is 11.3. The Kier molecular flexibility index (Phi) is 2.30. The average molecular weight is 129 g/mol. The lowest BCUT2D eigenvalue weighted by atomic mass is 10.8. The van der Waals surface area contributed by atoms with Crippen LogP contribution in [0.2, 0.25) is 0 Å². The van der Waals surface area contributed by atoms with Gasteiger partial charge >= 0.3 is 8.19 Å². The van der Waals surface area contributed by atoms with E-state index in [2.05, 4.69) is 6.58 Å². The highest BCUT2D eigenvalue weighted by molar-refractivity contribution is 7.60. The van der Waals surface area contributed by atoms with Gasteiger partial charge < -0.3 is 0 Å². The molecule has 0 fully saturated rings. The first kappa shape index (κ1) is 6.96. The third kappa shape index (κ3) is 5.96. The number of rotatable bonds is 2. The third-order valence-corrected chi connectivity index (χ3v) is 1.01. The number of hydrogen-bond acceptors (Lipinski definition) is 0. The zero-order chi connectivity index (χ0) is 5.91. The minimum Gasteiger partial charge on any atom is -0.162 e. The number of allylic oxidation sites excluding steroid dienone is 1. The van der Waals surface area contributed by atoms with E-state index >= 15 is 0 Å². The second kappa shape index (κ2) is 2.31. The molecule has 0 heterocycles. The smallest absolute Gasteiger partial charge is 0.162 e. The lowest BCUT2D eigenvalue weighted by molar-refractivity contribution is 0.591. The molecular formula is C3H5F3P. The standard InChI is InChI=1S/C3H5F3P/c1-2-3-7(4,5)6/h2H,1,3H2. The van der Waals surface area contributed by atoms with Crippen LogP contribution in [0.3, 0.4) is 0 Å². The fraction of sp³-hybridized carbons (Fsp3) is 0.333. The molecule has 0 aliphatic heterocycles. The first-order valence-electron chi connectivity index (χ1n) is 1.64. The van der Waals surface area contributed by atoms with Crippen LogP contribution < -0.4 is 0 Å². The fourth-order valence-electron chi connectivity index (χ4n) is 0.146. The highest BCUT2D eigenvalue weighted by Crippen LogP contribution is 2.64. The average Bonchev–Trinajstić information content (AvgIpc) is 1.30. The maximum atomic E-state index is 11.1. The van der Waals surface area contributed by atoms with Crippen LogP contribution in [-0.4, -0.2) is 6.16 Å². The molecule has 0 aliphatic rings. The second-order valence-electron chi connectivity index (χ2n) is 1.02. The van der Waals surface area contributed by atoms with Crippen LogP contribution in [0, 0.1) is 0 Å². The molecule has 0 nitrogen and oxygen atoms in total. The van der Waals surface area contributed by atoms with Crippen molar-refractivity contribution in [1.82, 2.24) is 0 Å². The van der Waals surface area contributed by atoms with Crippen LogP contribution in [0.5, 0.6) is 0 Å². The van der Waals surface area contributed by atoms with Crippen molar-refractivity contribution in [3.8, 4) is 0 Å². The van der Waals surface area contributed by atoms with Gasteiger partial charge in [0.25, 0.3) is 0 Å². The van der Waals surface area contributed by atoms with E-state index in [0.717, 1.165) is 6.08 Å². The van der Waals surface area contributed by atoms with Gasteiger partial charge in [0.05, 0.1) is 6.16 Å². The van der Waals surface area contributed by atoms with Crippen molar-refractivity contribution in [1.29, 1.82) is 0 Å². The molecule has 4 heteroatoms. The zero-order valence-electron chi connectivity index (χ0n) is 3.57. The highest BCUT2D eigenvalue weighted by Gasteiger charge is 2.22. The van der Waals surface area contributed by atoms with Gasteiger partial charge in [-0.15, -0.1) is 6.58 Å². The molecular weight excluding hydrogens is 124 g/mol. The summed E-state index contributed by atoms with van der Waals surface area (Å²) in [5, 5.41) is 0. The van der Waals surface area contributed by atoms with Gasteiger partial charge in [-0.2, -0.15) is 12.6 Å². The largest absolute Gasteiger partial charge is 0.353 e. The molecule has 0 unspecified atom stereocenters. The molecule has 1 radical (unpaired) electrons. The van der Waals surface area contributed by atoms with E-state index in [1.54, 1.807) is 0 Å². The van der Waals surface area contributed by atoms with Crippen molar-refractivity contribution in [2.45, 2.75) is 0 Å². The second-order valence-corrected chi connectivity index (χ2v) is 2.49. The Labute approximate surface area is 40.7 Å². The lowest BCUT2D eigenvalue weighted by Gasteiger charge is -1.98.